The van der Waals surface area contributed by atoms with E-state index in [1.54, 1.807) is 54.7 Å². The van der Waals surface area contributed by atoms with E-state index in [9.17, 15) is 59.1 Å². The smallest absolute Gasteiger partial charge is 0.391 e. The fourth-order valence-electron chi connectivity index (χ4n) is 13.6. The largest absolute Gasteiger partial charge is 0.501 e. The third-order valence-electron chi connectivity index (χ3n) is 19.7. The number of anilines is 2. The Morgan fingerprint density at radius 2 is 1.45 bits per heavy atom. The quantitative estimate of drug-likeness (QED) is 0.0216. The summed E-state index contributed by atoms with van der Waals surface area (Å²) in [5.74, 6) is -2.71. The molecule has 572 valence electrons. The molecular weight excluding hydrogens is 1470 g/mol. The number of piperazine rings is 2. The van der Waals surface area contributed by atoms with Crippen molar-refractivity contribution in [1.82, 2.24) is 39.9 Å². The van der Waals surface area contributed by atoms with Gasteiger partial charge in [-0.3, -0.25) is 33.8 Å². The van der Waals surface area contributed by atoms with Gasteiger partial charge in [-0.2, -0.15) is 13.2 Å². The number of sulfonamides is 1. The molecule has 0 bridgehead atoms. The average molecular weight is 1560 g/mol. The normalized spacial score (nSPS) is 18.6. The summed E-state index contributed by atoms with van der Waals surface area (Å²) < 4.78 is 111. The highest BCUT2D eigenvalue weighted by molar-refractivity contribution is 7.99. The van der Waals surface area contributed by atoms with E-state index in [4.69, 9.17) is 21.1 Å². The van der Waals surface area contributed by atoms with Crippen LogP contribution in [-0.4, -0.2) is 210 Å². The molecule has 3 saturated heterocycles. The summed E-state index contributed by atoms with van der Waals surface area (Å²) in [6.07, 6.45) is 2.40. The van der Waals surface area contributed by atoms with Crippen molar-refractivity contribution in [3.05, 3.63) is 160 Å². The van der Waals surface area contributed by atoms with Crippen molar-refractivity contribution in [3.63, 3.8) is 0 Å². The summed E-state index contributed by atoms with van der Waals surface area (Å²) >= 11 is 9.14. The minimum Gasteiger partial charge on any atom is -0.391 e. The van der Waals surface area contributed by atoms with Crippen molar-refractivity contribution in [2.45, 2.75) is 131 Å². The zero-order valence-electron chi connectivity index (χ0n) is 60.6. The van der Waals surface area contributed by atoms with E-state index in [1.807, 2.05) is 85.3 Å². The van der Waals surface area contributed by atoms with Crippen molar-refractivity contribution in [2.24, 2.45) is 10.8 Å². The highest BCUT2D eigenvalue weighted by Crippen LogP contribution is 2.44. The lowest BCUT2D eigenvalue weighted by Gasteiger charge is -2.39. The highest BCUT2D eigenvalue weighted by Gasteiger charge is 2.49. The number of aromatic nitrogens is 1. The molecule has 5 aromatic carbocycles. The Morgan fingerprint density at radius 3 is 2.09 bits per heavy atom. The van der Waals surface area contributed by atoms with Gasteiger partial charge in [0.25, 0.3) is 25.8 Å². The van der Waals surface area contributed by atoms with Crippen molar-refractivity contribution in [3.8, 4) is 10.4 Å². The molecule has 22 nitrogen and oxygen atoms in total. The first-order valence-electron chi connectivity index (χ1n) is 35.5. The van der Waals surface area contributed by atoms with Crippen molar-refractivity contribution < 1.29 is 68.6 Å². The van der Waals surface area contributed by atoms with E-state index in [0.29, 0.717) is 56.9 Å². The molecule has 1 aromatic heterocycles. The van der Waals surface area contributed by atoms with Crippen LogP contribution in [0.4, 0.5) is 24.5 Å². The number of nitrogens with one attached hydrogen (secondary N) is 4. The van der Waals surface area contributed by atoms with Gasteiger partial charge >= 0.3 is 5.51 Å². The Hall–Kier alpha value is -7.45. The van der Waals surface area contributed by atoms with Crippen LogP contribution < -0.4 is 25.6 Å². The van der Waals surface area contributed by atoms with E-state index < -0.39 is 107 Å². The molecule has 3 fully saturated rings. The number of sulfone groups is 1. The molecule has 5 N–H and O–H groups in total. The van der Waals surface area contributed by atoms with Gasteiger partial charge in [0.2, 0.25) is 23.6 Å². The van der Waals surface area contributed by atoms with Crippen LogP contribution in [0.1, 0.15) is 107 Å². The minimum absolute atomic E-state index is 0.0191. The Labute approximate surface area is 632 Å². The number of aliphatic hydroxyl groups is 1. The lowest BCUT2D eigenvalue weighted by atomic mass is 9.73. The van der Waals surface area contributed by atoms with E-state index in [2.05, 4.69) is 61.6 Å². The molecule has 3 aliphatic heterocycles. The number of carbonyl (C=O) groups excluding carboxylic acids is 5. The van der Waals surface area contributed by atoms with Crippen LogP contribution in [0.25, 0.3) is 16.0 Å². The van der Waals surface area contributed by atoms with Gasteiger partial charge in [-0.1, -0.05) is 106 Å². The molecule has 0 radical (unpaired) electrons. The van der Waals surface area contributed by atoms with Gasteiger partial charge in [-0.05, 0) is 139 Å². The molecule has 0 saturated carbocycles. The number of hydrogen-bond acceptors (Lipinski definition) is 19. The summed E-state index contributed by atoms with van der Waals surface area (Å²) in [6.45, 7) is 18.4. The van der Waals surface area contributed by atoms with Gasteiger partial charge < -0.3 is 45.2 Å². The molecule has 0 spiro atoms. The maximum absolute atomic E-state index is 14.6. The second kappa shape index (κ2) is 35.3. The number of nitrogens with zero attached hydrogens (tertiary/aromatic N) is 6. The number of halogens is 4. The number of likely N-dealkylation sites (tertiary alicyclic amines) is 1. The number of amides is 5. The zero-order valence-corrected chi connectivity index (χ0v) is 64.6. The number of aryl methyl sites for hydroxylation is 1. The molecule has 4 heterocycles. The van der Waals surface area contributed by atoms with Crippen LogP contribution in [0.15, 0.2) is 147 Å². The number of aliphatic hydroxyl groups excluding tert-OH is 1. The molecule has 10 rings (SSSR count). The third kappa shape index (κ3) is 21.3. The Kier molecular flexibility index (Phi) is 27.0. The van der Waals surface area contributed by atoms with Gasteiger partial charge in [-0.25, -0.2) is 26.5 Å². The SMILES string of the molecule is Cc1ncsc1-c1ccc([C@H](C)NC(=O)[C@@H]2C[C@@H](O)CN2C(=O)[C@@H](NC(=O)COCCOCC(=O)N2CCN(CC[C@H](CSc3ccccc3)Nc3ccc(S(=O)(=O)NC(=O)c4ccc(N5CCN(CC6=C(c7ccc(Cl)cc7)CCC(C)(C)C6)CC5)cc4)cc3S(=O)(=O)C(F)(F)F)CC2)C(C)(C)C)cc1. The number of hydrogen-bond donors (Lipinski definition) is 5. The lowest BCUT2D eigenvalue weighted by Crippen LogP contribution is -2.58. The zero-order chi connectivity index (χ0) is 76.3. The standard InChI is InChI=1S/C76H94ClF3N10O12S4/c1-50(52-13-15-54(16-14-52)69-51(2)81-49-104-69)82-72(95)65-41-60(91)45-90(65)73(96)70(74(3,4)5)84-67(92)46-101-39-40-102-47-68(93)89-37-31-86(32-38-89)30-28-58(48-103-61-11-9-8-10-12-61)83-64-26-25-62(42-66(64)105(97,98)76(78,79)80)106(99,100)85-71(94)55-19-23-59(24-20-55)88-35-33-87(34-36-88)44-56-43-75(6,7)29-27-63(56)53-17-21-57(77)22-18-53/h8-26,42,49-50,58,60,65,70,83,91H,27-41,43-48H2,1-7H3,(H,82,95)(H,84,92)(H,85,94)/t50-,58+,60+,65-,70+/m0/s1. The number of carbonyl (C=O) groups is 5. The molecule has 0 unspecified atom stereocenters. The summed E-state index contributed by atoms with van der Waals surface area (Å²) in [4.78, 5) is 81.8. The van der Waals surface area contributed by atoms with Crippen molar-refractivity contribution in [2.75, 3.05) is 114 Å². The predicted molar refractivity (Wildman–Crippen MR) is 406 cm³/mol. The van der Waals surface area contributed by atoms with Crippen LogP contribution in [0.5, 0.6) is 0 Å². The maximum atomic E-state index is 14.6. The first-order valence-corrected chi connectivity index (χ1v) is 40.7. The number of thioether (sulfide) groups is 1. The summed E-state index contributed by atoms with van der Waals surface area (Å²) in [5, 5.41) is 20.2. The number of ether oxygens (including phenoxy) is 2. The maximum Gasteiger partial charge on any atom is 0.501 e. The van der Waals surface area contributed by atoms with E-state index in [0.717, 1.165) is 83.3 Å². The molecule has 6 aromatic rings. The number of alkyl halides is 3. The van der Waals surface area contributed by atoms with E-state index in [-0.39, 0.29) is 61.8 Å². The van der Waals surface area contributed by atoms with Crippen LogP contribution in [-0.2, 0) is 48.5 Å². The van der Waals surface area contributed by atoms with E-state index >= 15 is 0 Å². The summed E-state index contributed by atoms with van der Waals surface area (Å²) in [7, 11) is -11.2. The topological polar surface area (TPSA) is 270 Å². The number of allylic oxidation sites excluding steroid dienone is 1. The number of rotatable bonds is 29. The van der Waals surface area contributed by atoms with E-state index in [1.165, 1.54) is 45.5 Å². The molecule has 106 heavy (non-hydrogen) atoms. The number of β-amino-alcohol motifs (C(OH)–C–C–N with tert-alkyl or cyclic N) is 1. The minimum atomic E-state index is -6.20. The monoisotopic (exact) mass is 1560 g/mol. The van der Waals surface area contributed by atoms with Gasteiger partial charge in [0, 0.05) is 111 Å². The fraction of sp³-hybridized carbons (Fsp3) is 0.474. The molecule has 5 amide bonds. The van der Waals surface area contributed by atoms with Crippen LogP contribution in [0.3, 0.4) is 0 Å². The van der Waals surface area contributed by atoms with Crippen LogP contribution in [0.2, 0.25) is 5.02 Å². The molecular formula is C76H94ClF3N10O12S4. The van der Waals surface area contributed by atoms with Gasteiger partial charge in [0.05, 0.1) is 52.0 Å². The van der Waals surface area contributed by atoms with Crippen LogP contribution in [0, 0.1) is 17.8 Å². The highest BCUT2D eigenvalue weighted by atomic mass is 35.5. The summed E-state index contributed by atoms with van der Waals surface area (Å²) in [5.41, 5.74) is 2.35. The Bertz CT molecular complexity index is 4320. The molecule has 4 aliphatic rings. The summed E-state index contributed by atoms with van der Waals surface area (Å²) in [6, 6.07) is 30.4. The predicted octanol–water partition coefficient (Wildman–Crippen LogP) is 10.5. The number of thiazole rings is 1. The molecule has 1 aliphatic carbocycles. The van der Waals surface area contributed by atoms with Crippen LogP contribution >= 0.6 is 34.7 Å². The molecule has 5 atom stereocenters. The van der Waals surface area contributed by atoms with Crippen molar-refractivity contribution >= 4 is 101 Å². The van der Waals surface area contributed by atoms with Crippen molar-refractivity contribution in [1.29, 1.82) is 0 Å². The Morgan fingerprint density at radius 1 is 0.802 bits per heavy atom. The first kappa shape index (κ1) is 81.1. The average Bonchev–Trinajstić information content (AvgIpc) is 1.45. The Balaban J connectivity index is 0.680. The first-order chi connectivity index (χ1) is 50.2. The number of benzene rings is 5. The van der Waals surface area contributed by atoms with Gasteiger partial charge in [0.15, 0.2) is 0 Å². The second-order valence-corrected chi connectivity index (χ2v) is 35.2. The van der Waals surface area contributed by atoms with Gasteiger partial charge in [-0.15, -0.1) is 23.1 Å². The third-order valence-corrected chi connectivity index (χ3v) is 25.0. The fourth-order valence-corrected chi connectivity index (χ4v) is 17.6. The lowest BCUT2D eigenvalue weighted by molar-refractivity contribution is -0.145. The second-order valence-electron chi connectivity index (χ2n) is 29.2. The van der Waals surface area contributed by atoms with Gasteiger partial charge in [0.1, 0.15) is 30.2 Å². The molecule has 30 heteroatoms.